The minimum Gasteiger partial charge on any atom is -0.339 e. The van der Waals surface area contributed by atoms with Crippen LogP contribution in [-0.4, -0.2) is 49.9 Å². The minimum atomic E-state index is -3.24. The molecule has 1 rings (SSSR count). The first-order chi connectivity index (χ1) is 10.6. The zero-order chi connectivity index (χ0) is 17.6. The summed E-state index contributed by atoms with van der Waals surface area (Å²) in [5.74, 6) is 0.454. The molecule has 0 atom stereocenters. The zero-order valence-electron chi connectivity index (χ0n) is 14.7. The van der Waals surface area contributed by atoms with E-state index in [1.54, 1.807) is 4.90 Å². The van der Waals surface area contributed by atoms with E-state index in [2.05, 4.69) is 26.0 Å². The van der Waals surface area contributed by atoms with Gasteiger partial charge in [0.25, 0.3) is 0 Å². The maximum Gasteiger partial charge on any atom is 0.224 e. The van der Waals surface area contributed by atoms with E-state index >= 15 is 0 Å². The van der Waals surface area contributed by atoms with Crippen LogP contribution in [0.2, 0.25) is 0 Å². The SMILES string of the molecule is CCN(Cc1ccc(C(C)C)cc1)C(=O)CCN(C)S(C)(=O)=O. The standard InChI is InChI=1S/C17H28N2O3S/c1-6-19(17(20)11-12-18(4)23(5,21)22)13-15-7-9-16(10-8-15)14(2)3/h7-10,14H,6,11-13H2,1-5H3. The molecule has 130 valence electrons. The zero-order valence-corrected chi connectivity index (χ0v) is 15.6. The molecule has 1 amide bonds. The van der Waals surface area contributed by atoms with Gasteiger partial charge in [0.15, 0.2) is 0 Å². The second kappa shape index (κ2) is 8.45. The largest absolute Gasteiger partial charge is 0.339 e. The van der Waals surface area contributed by atoms with Crippen molar-refractivity contribution in [2.45, 2.75) is 39.7 Å². The monoisotopic (exact) mass is 340 g/mol. The minimum absolute atomic E-state index is 0.0315. The molecule has 0 fully saturated rings. The number of sulfonamides is 1. The van der Waals surface area contributed by atoms with E-state index in [1.807, 2.05) is 19.1 Å². The Labute approximate surface area is 140 Å². The molecule has 1 aromatic carbocycles. The summed E-state index contributed by atoms with van der Waals surface area (Å²) >= 11 is 0. The molecule has 0 spiro atoms. The third kappa shape index (κ3) is 6.31. The van der Waals surface area contributed by atoms with E-state index in [1.165, 1.54) is 16.9 Å². The number of rotatable bonds is 8. The van der Waals surface area contributed by atoms with Crippen LogP contribution in [-0.2, 0) is 21.4 Å². The second-order valence-electron chi connectivity index (χ2n) is 6.14. The molecule has 0 aromatic heterocycles. The van der Waals surface area contributed by atoms with Gasteiger partial charge in [0.05, 0.1) is 6.26 Å². The molecule has 0 aliphatic heterocycles. The molecule has 0 saturated heterocycles. The van der Waals surface area contributed by atoms with E-state index in [4.69, 9.17) is 0 Å². The van der Waals surface area contributed by atoms with Crippen LogP contribution in [0.3, 0.4) is 0 Å². The van der Waals surface area contributed by atoms with Gasteiger partial charge >= 0.3 is 0 Å². The average Bonchev–Trinajstić information content (AvgIpc) is 2.49. The van der Waals surface area contributed by atoms with Gasteiger partial charge in [0.2, 0.25) is 15.9 Å². The van der Waals surface area contributed by atoms with Gasteiger partial charge < -0.3 is 4.90 Å². The van der Waals surface area contributed by atoms with Gasteiger partial charge in [0.1, 0.15) is 0 Å². The van der Waals surface area contributed by atoms with Crippen LogP contribution in [0, 0.1) is 0 Å². The molecule has 0 radical (unpaired) electrons. The molecule has 0 heterocycles. The maximum atomic E-state index is 12.3. The summed E-state index contributed by atoms with van der Waals surface area (Å²) in [6.07, 6.45) is 1.34. The van der Waals surface area contributed by atoms with E-state index in [-0.39, 0.29) is 18.9 Å². The predicted octanol–water partition coefficient (Wildman–Crippen LogP) is 2.44. The number of carbonyl (C=O) groups excluding carboxylic acids is 1. The summed E-state index contributed by atoms with van der Waals surface area (Å²) in [4.78, 5) is 14.0. The average molecular weight is 340 g/mol. The quantitative estimate of drug-likeness (QED) is 0.730. The molecular formula is C17H28N2O3S. The summed E-state index contributed by atoms with van der Waals surface area (Å²) in [5, 5.41) is 0. The van der Waals surface area contributed by atoms with Crippen LogP contribution in [0.15, 0.2) is 24.3 Å². The Balaban J connectivity index is 2.63. The smallest absolute Gasteiger partial charge is 0.224 e. The van der Waals surface area contributed by atoms with Crippen molar-refractivity contribution in [1.29, 1.82) is 0 Å². The van der Waals surface area contributed by atoms with Crippen molar-refractivity contribution < 1.29 is 13.2 Å². The summed E-state index contributed by atoms with van der Waals surface area (Å²) in [5.41, 5.74) is 2.36. The van der Waals surface area contributed by atoms with Crippen molar-refractivity contribution in [3.63, 3.8) is 0 Å². The maximum absolute atomic E-state index is 12.3. The lowest BCUT2D eigenvalue weighted by atomic mass is 10.0. The molecule has 5 nitrogen and oxygen atoms in total. The molecular weight excluding hydrogens is 312 g/mol. The molecule has 0 unspecified atom stereocenters. The van der Waals surface area contributed by atoms with Crippen molar-refractivity contribution in [1.82, 2.24) is 9.21 Å². The fourth-order valence-corrected chi connectivity index (χ4v) is 2.60. The van der Waals surface area contributed by atoms with Gasteiger partial charge in [0, 0.05) is 33.1 Å². The number of carbonyl (C=O) groups is 1. The molecule has 0 saturated carbocycles. The van der Waals surface area contributed by atoms with Gasteiger partial charge in [-0.3, -0.25) is 4.79 Å². The highest BCUT2D eigenvalue weighted by atomic mass is 32.2. The highest BCUT2D eigenvalue weighted by Gasteiger charge is 2.16. The number of amides is 1. The predicted molar refractivity (Wildman–Crippen MR) is 93.7 cm³/mol. The Kier molecular flexibility index (Phi) is 7.22. The first-order valence-corrected chi connectivity index (χ1v) is 9.78. The second-order valence-corrected chi connectivity index (χ2v) is 8.23. The molecule has 6 heteroatoms. The topological polar surface area (TPSA) is 57.7 Å². The Morgan fingerprint density at radius 3 is 2.17 bits per heavy atom. The van der Waals surface area contributed by atoms with Gasteiger partial charge in [-0.2, -0.15) is 0 Å². The van der Waals surface area contributed by atoms with Crippen molar-refractivity contribution in [2.24, 2.45) is 0 Å². The fourth-order valence-electron chi connectivity index (χ4n) is 2.18. The Morgan fingerprint density at radius 1 is 1.17 bits per heavy atom. The van der Waals surface area contributed by atoms with Gasteiger partial charge in [-0.1, -0.05) is 38.1 Å². The number of benzene rings is 1. The van der Waals surface area contributed by atoms with Crippen LogP contribution in [0.5, 0.6) is 0 Å². The van der Waals surface area contributed by atoms with Gasteiger partial charge in [-0.05, 0) is 24.0 Å². The van der Waals surface area contributed by atoms with Crippen LogP contribution in [0.1, 0.15) is 44.2 Å². The van der Waals surface area contributed by atoms with Crippen LogP contribution >= 0.6 is 0 Å². The van der Waals surface area contributed by atoms with E-state index in [9.17, 15) is 13.2 Å². The third-order valence-corrected chi connectivity index (χ3v) is 5.28. The summed E-state index contributed by atoms with van der Waals surface area (Å²) < 4.78 is 23.9. The highest BCUT2D eigenvalue weighted by molar-refractivity contribution is 7.88. The molecule has 1 aromatic rings. The van der Waals surface area contributed by atoms with Crippen LogP contribution in [0.25, 0.3) is 0 Å². The lowest BCUT2D eigenvalue weighted by Gasteiger charge is -2.22. The van der Waals surface area contributed by atoms with E-state index in [0.717, 1.165) is 11.8 Å². The summed E-state index contributed by atoms with van der Waals surface area (Å²) in [7, 11) is -1.75. The molecule has 0 N–H and O–H groups in total. The van der Waals surface area contributed by atoms with E-state index < -0.39 is 10.0 Å². The van der Waals surface area contributed by atoms with Crippen molar-refractivity contribution >= 4 is 15.9 Å². The third-order valence-electron chi connectivity index (χ3n) is 3.96. The summed E-state index contributed by atoms with van der Waals surface area (Å²) in [6.45, 7) is 7.59. The lowest BCUT2D eigenvalue weighted by Crippen LogP contribution is -2.34. The highest BCUT2D eigenvalue weighted by Crippen LogP contribution is 2.16. The van der Waals surface area contributed by atoms with Gasteiger partial charge in [-0.15, -0.1) is 0 Å². The normalized spacial score (nSPS) is 12.0. The van der Waals surface area contributed by atoms with Crippen LogP contribution in [0.4, 0.5) is 0 Å². The molecule has 23 heavy (non-hydrogen) atoms. The first kappa shape index (κ1) is 19.6. The van der Waals surface area contributed by atoms with Crippen molar-refractivity contribution in [3.8, 4) is 0 Å². The number of hydrogen-bond acceptors (Lipinski definition) is 3. The Hall–Kier alpha value is -1.40. The first-order valence-electron chi connectivity index (χ1n) is 7.93. The number of nitrogens with zero attached hydrogens (tertiary/aromatic N) is 2. The van der Waals surface area contributed by atoms with Crippen molar-refractivity contribution in [3.05, 3.63) is 35.4 Å². The lowest BCUT2D eigenvalue weighted by molar-refractivity contribution is -0.131. The van der Waals surface area contributed by atoms with Gasteiger partial charge in [-0.25, -0.2) is 12.7 Å². The number of hydrogen-bond donors (Lipinski definition) is 0. The molecule has 0 aliphatic rings. The molecule has 0 bridgehead atoms. The fraction of sp³-hybridized carbons (Fsp3) is 0.588. The molecule has 0 aliphatic carbocycles. The summed E-state index contributed by atoms with van der Waals surface area (Å²) in [6, 6.07) is 8.29. The Bertz CT molecular complexity index is 609. The Morgan fingerprint density at radius 2 is 1.74 bits per heavy atom. The van der Waals surface area contributed by atoms with Crippen molar-refractivity contribution in [2.75, 3.05) is 26.4 Å². The van der Waals surface area contributed by atoms with Crippen LogP contribution < -0.4 is 0 Å². The van der Waals surface area contributed by atoms with E-state index in [0.29, 0.717) is 19.0 Å².